The Labute approximate surface area is 305 Å². The molecule has 0 bridgehead atoms. The molecule has 0 aliphatic heterocycles. The zero-order valence-corrected chi connectivity index (χ0v) is 35.2. The van der Waals surface area contributed by atoms with Crippen molar-refractivity contribution in [2.75, 3.05) is 0 Å². The molecule has 0 heterocycles. The second kappa shape index (κ2) is 12.9. The van der Waals surface area contributed by atoms with Gasteiger partial charge in [0.2, 0.25) is 0 Å². The predicted molar refractivity (Wildman–Crippen MR) is 228 cm³/mol. The van der Waals surface area contributed by atoms with E-state index in [1.807, 2.05) is 0 Å². The molecular weight excluding hydrogens is 633 g/mol. The van der Waals surface area contributed by atoms with Crippen LogP contribution in [0.4, 0.5) is 0 Å². The highest BCUT2D eigenvalue weighted by Crippen LogP contribution is 2.48. The van der Waals surface area contributed by atoms with Gasteiger partial charge in [-0.15, -0.1) is 11.1 Å². The second-order valence-electron chi connectivity index (χ2n) is 17.9. The SMILES string of the molecule is CC(C)[Si](C#Cc1cc2c3ccc4c5c(c(C#C[Si](C(C)C)(C(C)C)C(C)C)cc(c6ccc7c(c1CCC7)c62)c53)CCC4)(C(C)C)C(C)C. The summed E-state index contributed by atoms with van der Waals surface area (Å²) in [4.78, 5) is 0. The summed E-state index contributed by atoms with van der Waals surface area (Å²) < 4.78 is 0. The van der Waals surface area contributed by atoms with Crippen molar-refractivity contribution in [3.8, 4) is 22.9 Å². The molecule has 50 heavy (non-hydrogen) atoms. The Balaban J connectivity index is 1.59. The highest BCUT2D eigenvalue weighted by Gasteiger charge is 2.43. The Morgan fingerprint density at radius 3 is 1.08 bits per heavy atom. The van der Waals surface area contributed by atoms with Gasteiger partial charge < -0.3 is 0 Å². The molecule has 2 aliphatic rings. The van der Waals surface area contributed by atoms with Crippen molar-refractivity contribution in [1.29, 1.82) is 0 Å². The van der Waals surface area contributed by atoms with Crippen LogP contribution in [0.2, 0.25) is 33.2 Å². The van der Waals surface area contributed by atoms with E-state index in [1.54, 1.807) is 0 Å². The topological polar surface area (TPSA) is 0 Å². The van der Waals surface area contributed by atoms with E-state index in [0.29, 0.717) is 33.2 Å². The fourth-order valence-electron chi connectivity index (χ4n) is 11.6. The van der Waals surface area contributed by atoms with E-state index in [1.165, 1.54) is 89.3 Å². The molecule has 0 aromatic heterocycles. The highest BCUT2D eigenvalue weighted by molar-refractivity contribution is 6.91. The minimum atomic E-state index is -1.87. The summed E-state index contributed by atoms with van der Waals surface area (Å²) in [6.07, 6.45) is 6.99. The van der Waals surface area contributed by atoms with E-state index in [0.717, 1.165) is 25.7 Å². The van der Waals surface area contributed by atoms with Crippen molar-refractivity contribution in [3.63, 3.8) is 0 Å². The average Bonchev–Trinajstić information content (AvgIpc) is 3.06. The lowest BCUT2D eigenvalue weighted by atomic mass is 9.77. The number of benzene rings is 5. The molecule has 0 N–H and O–H groups in total. The van der Waals surface area contributed by atoms with Gasteiger partial charge in [0, 0.05) is 11.1 Å². The number of hydrogen-bond acceptors (Lipinski definition) is 0. The van der Waals surface area contributed by atoms with E-state index >= 15 is 0 Å². The minimum absolute atomic E-state index is 0.627. The van der Waals surface area contributed by atoms with E-state index in [4.69, 9.17) is 0 Å². The summed E-state index contributed by atoms with van der Waals surface area (Å²) in [5.41, 5.74) is 20.7. The lowest BCUT2D eigenvalue weighted by molar-refractivity contribution is 0.806. The van der Waals surface area contributed by atoms with Gasteiger partial charge in [0.15, 0.2) is 0 Å². The summed E-state index contributed by atoms with van der Waals surface area (Å²) in [6.45, 7) is 29.2. The van der Waals surface area contributed by atoms with Gasteiger partial charge in [-0.2, -0.15) is 0 Å². The standard InChI is InChI=1S/C48H60Si2/c1-29(2)49(30(3)4,31(5)6)25-23-37-27-43-41-21-20-36-16-14-18-40-38(24-26-50(32(7)8,33(9)10)34(11)12)28-44(48(41)46(36)40)42-22-19-35-15-13-17-39(37)45(35)47(42)43/h19-22,27-34H,13-18H2,1-12H3. The molecular formula is C48H60Si2. The molecule has 0 unspecified atom stereocenters. The lowest BCUT2D eigenvalue weighted by Crippen LogP contribution is -2.43. The van der Waals surface area contributed by atoms with E-state index in [9.17, 15) is 0 Å². The summed E-state index contributed by atoms with van der Waals surface area (Å²) in [6, 6.07) is 15.0. The van der Waals surface area contributed by atoms with Crippen LogP contribution < -0.4 is 0 Å². The van der Waals surface area contributed by atoms with Gasteiger partial charge in [-0.25, -0.2) is 0 Å². The molecule has 0 saturated carbocycles. The summed E-state index contributed by atoms with van der Waals surface area (Å²) in [5, 5.41) is 11.6. The van der Waals surface area contributed by atoms with Gasteiger partial charge >= 0.3 is 0 Å². The van der Waals surface area contributed by atoms with Crippen LogP contribution in [0.3, 0.4) is 0 Å². The molecule has 7 rings (SSSR count). The van der Waals surface area contributed by atoms with Crippen molar-refractivity contribution in [1.82, 2.24) is 0 Å². The van der Waals surface area contributed by atoms with Crippen LogP contribution in [-0.4, -0.2) is 16.1 Å². The normalized spacial score (nSPS) is 15.1. The molecule has 0 atom stereocenters. The van der Waals surface area contributed by atoms with Crippen LogP contribution in [0.1, 0.15) is 129 Å². The fraction of sp³-hybridized carbons (Fsp3) is 0.500. The predicted octanol–water partition coefficient (Wildman–Crippen LogP) is 13.9. The van der Waals surface area contributed by atoms with Gasteiger partial charge in [0.25, 0.3) is 0 Å². The zero-order chi connectivity index (χ0) is 35.9. The maximum Gasteiger partial charge on any atom is 0.146 e. The van der Waals surface area contributed by atoms with E-state index in [-0.39, 0.29) is 0 Å². The summed E-state index contributed by atoms with van der Waals surface area (Å²) in [5.74, 6) is 7.97. The van der Waals surface area contributed by atoms with Gasteiger partial charge in [-0.1, -0.05) is 119 Å². The lowest BCUT2D eigenvalue weighted by Gasteiger charge is -2.38. The molecule has 0 saturated heterocycles. The smallest absolute Gasteiger partial charge is 0.125 e. The Morgan fingerprint density at radius 2 is 0.760 bits per heavy atom. The number of rotatable bonds is 6. The van der Waals surface area contributed by atoms with Crippen LogP contribution in [0.25, 0.3) is 43.1 Å². The Hall–Kier alpha value is -3.05. The Morgan fingerprint density at radius 1 is 0.420 bits per heavy atom. The Kier molecular flexibility index (Phi) is 9.10. The monoisotopic (exact) mass is 692 g/mol. The summed E-state index contributed by atoms with van der Waals surface area (Å²) >= 11 is 0. The zero-order valence-electron chi connectivity index (χ0n) is 33.2. The molecule has 0 fully saturated rings. The second-order valence-corrected chi connectivity index (χ2v) is 29.1. The van der Waals surface area contributed by atoms with Gasteiger partial charge in [0.05, 0.1) is 0 Å². The molecule has 260 valence electrons. The first-order valence-corrected chi connectivity index (χ1v) is 24.5. The van der Waals surface area contributed by atoms with E-state index < -0.39 is 16.1 Å². The number of hydrogen-bond donors (Lipinski definition) is 0. The molecule has 2 aliphatic carbocycles. The van der Waals surface area contributed by atoms with Crippen molar-refractivity contribution in [2.45, 2.75) is 155 Å². The third-order valence-corrected chi connectivity index (χ3v) is 26.4. The largest absolute Gasteiger partial charge is 0.146 e. The van der Waals surface area contributed by atoms with Crippen molar-refractivity contribution in [2.24, 2.45) is 0 Å². The van der Waals surface area contributed by atoms with Crippen molar-refractivity contribution in [3.05, 3.63) is 69.8 Å². The third-order valence-electron chi connectivity index (χ3n) is 13.8. The first-order chi connectivity index (χ1) is 23.7. The van der Waals surface area contributed by atoms with Crippen molar-refractivity contribution >= 4 is 59.2 Å². The fourth-order valence-corrected chi connectivity index (χ4v) is 22.0. The Bertz CT molecular complexity index is 2050. The first kappa shape index (κ1) is 35.4. The van der Waals surface area contributed by atoms with Gasteiger partial charge in [-0.3, -0.25) is 0 Å². The van der Waals surface area contributed by atoms with Crippen LogP contribution in [0.5, 0.6) is 0 Å². The van der Waals surface area contributed by atoms with Gasteiger partial charge in [0.1, 0.15) is 16.1 Å². The molecule has 0 spiro atoms. The third kappa shape index (κ3) is 5.06. The van der Waals surface area contributed by atoms with Crippen LogP contribution >= 0.6 is 0 Å². The van der Waals surface area contributed by atoms with Crippen LogP contribution in [0.15, 0.2) is 36.4 Å². The summed E-state index contributed by atoms with van der Waals surface area (Å²) in [7, 11) is -3.75. The first-order valence-electron chi connectivity index (χ1n) is 20.1. The maximum absolute atomic E-state index is 4.13. The van der Waals surface area contributed by atoms with E-state index in [2.05, 4.69) is 142 Å². The maximum atomic E-state index is 4.13. The average molecular weight is 693 g/mol. The molecule has 5 aromatic carbocycles. The molecule has 0 nitrogen and oxygen atoms in total. The highest BCUT2D eigenvalue weighted by atomic mass is 28.3. The number of fused-ring (bicyclic) bond motifs is 2. The molecule has 0 radical (unpaired) electrons. The van der Waals surface area contributed by atoms with Crippen LogP contribution in [0, 0.1) is 22.9 Å². The minimum Gasteiger partial charge on any atom is -0.125 e. The molecule has 5 aromatic rings. The number of aryl methyl sites for hydroxylation is 4. The van der Waals surface area contributed by atoms with Crippen molar-refractivity contribution < 1.29 is 0 Å². The quantitative estimate of drug-likeness (QED) is 0.0719. The van der Waals surface area contributed by atoms with Gasteiger partial charge in [-0.05, 0) is 149 Å². The molecule has 2 heteroatoms. The molecule has 0 amide bonds. The van der Waals surface area contributed by atoms with Crippen LogP contribution in [-0.2, 0) is 25.7 Å².